The van der Waals surface area contributed by atoms with Crippen molar-refractivity contribution in [2.24, 2.45) is 40.2 Å². The summed E-state index contributed by atoms with van der Waals surface area (Å²) in [6.45, 7) is 9.21. The summed E-state index contributed by atoms with van der Waals surface area (Å²) in [5.74, 6) is 2.35. The van der Waals surface area contributed by atoms with E-state index < -0.39 is 6.04 Å². The van der Waals surface area contributed by atoms with E-state index in [1.807, 2.05) is 12.4 Å². The van der Waals surface area contributed by atoms with Gasteiger partial charge < -0.3 is 10.5 Å². The van der Waals surface area contributed by atoms with Crippen molar-refractivity contribution in [3.8, 4) is 0 Å². The number of aromatic nitrogens is 1. The lowest BCUT2D eigenvalue weighted by atomic mass is 9.47. The van der Waals surface area contributed by atoms with Gasteiger partial charge in [-0.3, -0.25) is 9.78 Å². The Morgan fingerprint density at radius 3 is 2.68 bits per heavy atom. The highest BCUT2D eigenvalue weighted by Gasteiger charge is 2.57. The monoisotopic (exact) mass is 462 g/mol. The molecule has 2 N–H and O–H groups in total. The number of nitrogens with zero attached hydrogens (tertiary/aromatic N) is 1. The molecule has 4 heteroatoms. The average Bonchev–Trinajstić information content (AvgIpc) is 3.16. The van der Waals surface area contributed by atoms with E-state index in [9.17, 15) is 4.79 Å². The maximum Gasteiger partial charge on any atom is 0.323 e. The van der Waals surface area contributed by atoms with Crippen molar-refractivity contribution in [2.45, 2.75) is 91.2 Å². The van der Waals surface area contributed by atoms with Crippen molar-refractivity contribution in [3.63, 3.8) is 0 Å². The largest absolute Gasteiger partial charge is 0.461 e. The first-order valence-corrected chi connectivity index (χ1v) is 13.5. The number of pyridine rings is 1. The van der Waals surface area contributed by atoms with Crippen LogP contribution in [0.3, 0.4) is 0 Å². The zero-order valence-electron chi connectivity index (χ0n) is 21.4. The Balaban J connectivity index is 1.30. The summed E-state index contributed by atoms with van der Waals surface area (Å²) in [7, 11) is 0. The number of rotatable bonds is 5. The molecular formula is C30H42N2O2. The maximum atomic E-state index is 12.5. The zero-order chi connectivity index (χ0) is 24.1. The van der Waals surface area contributed by atoms with Crippen LogP contribution in [0.4, 0.5) is 0 Å². The molecule has 0 radical (unpaired) electrons. The summed E-state index contributed by atoms with van der Waals surface area (Å²) in [5.41, 5.74) is 11.0. The lowest BCUT2D eigenvalue weighted by molar-refractivity contribution is -0.153. The molecule has 0 aliphatic heterocycles. The van der Waals surface area contributed by atoms with Gasteiger partial charge in [-0.1, -0.05) is 51.5 Å². The van der Waals surface area contributed by atoms with Gasteiger partial charge in [-0.25, -0.2) is 0 Å². The first kappa shape index (κ1) is 23.8. The molecule has 2 fully saturated rings. The fourth-order valence-corrected chi connectivity index (χ4v) is 8.12. The minimum absolute atomic E-state index is 0.0132. The fourth-order valence-electron chi connectivity index (χ4n) is 8.12. The highest BCUT2D eigenvalue weighted by Crippen LogP contribution is 2.66. The molecule has 1 heterocycles. The average molecular weight is 463 g/mol. The van der Waals surface area contributed by atoms with Gasteiger partial charge in [-0.05, 0) is 96.7 Å². The Labute approximate surface area is 205 Å². The fraction of sp³-hybridized carbons (Fsp3) is 0.667. The molecule has 0 saturated heterocycles. The van der Waals surface area contributed by atoms with Gasteiger partial charge in [-0.15, -0.1) is 0 Å². The maximum absolute atomic E-state index is 12.5. The third-order valence-electron chi connectivity index (χ3n) is 9.92. The topological polar surface area (TPSA) is 65.2 Å². The van der Waals surface area contributed by atoms with E-state index in [0.717, 1.165) is 37.5 Å². The summed E-state index contributed by atoms with van der Waals surface area (Å²) in [5, 5.41) is 0. The minimum atomic E-state index is -0.502. The molecule has 4 aliphatic carbocycles. The van der Waals surface area contributed by atoms with E-state index in [0.29, 0.717) is 18.3 Å². The number of hydrogen-bond donors (Lipinski definition) is 1. The highest BCUT2D eigenvalue weighted by atomic mass is 16.5. The third-order valence-corrected chi connectivity index (χ3v) is 9.92. The molecule has 0 amide bonds. The third kappa shape index (κ3) is 3.96. The van der Waals surface area contributed by atoms with Gasteiger partial charge in [0.15, 0.2) is 0 Å². The normalized spacial score (nSPS) is 37.7. The molecule has 5 rings (SSSR count). The van der Waals surface area contributed by atoms with Crippen LogP contribution in [0.25, 0.3) is 5.57 Å². The molecule has 0 bridgehead atoms. The van der Waals surface area contributed by atoms with Crippen LogP contribution in [0.1, 0.15) is 84.6 Å². The van der Waals surface area contributed by atoms with Crippen molar-refractivity contribution in [3.05, 3.63) is 47.8 Å². The first-order valence-electron chi connectivity index (χ1n) is 13.5. The van der Waals surface area contributed by atoms with Gasteiger partial charge in [0.2, 0.25) is 0 Å². The molecule has 7 unspecified atom stereocenters. The van der Waals surface area contributed by atoms with Gasteiger partial charge >= 0.3 is 5.97 Å². The van der Waals surface area contributed by atoms with Crippen LogP contribution >= 0.6 is 0 Å². The summed E-state index contributed by atoms with van der Waals surface area (Å²) in [6, 6.07) is 3.79. The Bertz CT molecular complexity index is 983. The highest BCUT2D eigenvalue weighted by molar-refractivity contribution is 5.75. The molecule has 4 aliphatic rings. The standard InChI is InChI=1S/C30H42N2O2/c1-19(2)16-27(31)28(33)34-22-11-13-29(3)21(17-22)7-8-23-25-10-9-24(20-6-5-15-32-18-20)30(25,4)14-12-26(23)29/h5-7,9,15,18-19,22-23,25-27H,8,10-14,16-17,31H2,1-4H3. The number of nitrogens with two attached hydrogens (primary N) is 1. The molecule has 1 aromatic heterocycles. The van der Waals surface area contributed by atoms with Crippen LogP contribution in [0, 0.1) is 34.5 Å². The predicted octanol–water partition coefficient (Wildman–Crippen LogP) is 6.32. The van der Waals surface area contributed by atoms with Crippen molar-refractivity contribution in [1.29, 1.82) is 0 Å². The summed E-state index contributed by atoms with van der Waals surface area (Å²) < 4.78 is 5.91. The molecule has 184 valence electrons. The predicted molar refractivity (Wildman–Crippen MR) is 137 cm³/mol. The number of carbonyl (C=O) groups is 1. The van der Waals surface area contributed by atoms with Crippen molar-refractivity contribution in [1.82, 2.24) is 4.98 Å². The van der Waals surface area contributed by atoms with E-state index in [1.165, 1.54) is 36.0 Å². The van der Waals surface area contributed by atoms with E-state index in [-0.39, 0.29) is 22.9 Å². The van der Waals surface area contributed by atoms with Crippen molar-refractivity contribution >= 4 is 11.5 Å². The molecule has 1 aromatic rings. The molecule has 34 heavy (non-hydrogen) atoms. The summed E-state index contributed by atoms with van der Waals surface area (Å²) in [4.78, 5) is 16.9. The molecule has 4 nitrogen and oxygen atoms in total. The number of carbonyl (C=O) groups excluding carboxylic acids is 1. The van der Waals surface area contributed by atoms with Crippen LogP contribution in [0.5, 0.6) is 0 Å². The van der Waals surface area contributed by atoms with E-state index in [2.05, 4.69) is 57.0 Å². The van der Waals surface area contributed by atoms with E-state index >= 15 is 0 Å². The molecule has 7 atom stereocenters. The number of ether oxygens (including phenoxy) is 1. The number of hydrogen-bond acceptors (Lipinski definition) is 4. The summed E-state index contributed by atoms with van der Waals surface area (Å²) in [6.07, 6.45) is 17.5. The van der Waals surface area contributed by atoms with Crippen molar-refractivity contribution in [2.75, 3.05) is 0 Å². The number of fused-ring (bicyclic) bond motifs is 5. The molecule has 0 aromatic carbocycles. The molecule has 2 saturated carbocycles. The first-order chi connectivity index (χ1) is 16.2. The second-order valence-electron chi connectivity index (χ2n) is 12.3. The number of esters is 1. The van der Waals surface area contributed by atoms with Crippen LogP contribution in [-0.2, 0) is 9.53 Å². The molecule has 0 spiro atoms. The smallest absolute Gasteiger partial charge is 0.323 e. The zero-order valence-corrected chi connectivity index (χ0v) is 21.4. The van der Waals surface area contributed by atoms with Crippen LogP contribution in [0.2, 0.25) is 0 Å². The lowest BCUT2D eigenvalue weighted by Gasteiger charge is -2.57. The van der Waals surface area contributed by atoms with E-state index in [1.54, 1.807) is 0 Å². The van der Waals surface area contributed by atoms with Gasteiger partial charge in [0, 0.05) is 18.8 Å². The number of allylic oxidation sites excluding steroid dienone is 3. The quantitative estimate of drug-likeness (QED) is 0.410. The second-order valence-corrected chi connectivity index (χ2v) is 12.3. The Morgan fingerprint density at radius 2 is 1.94 bits per heavy atom. The lowest BCUT2D eigenvalue weighted by Crippen LogP contribution is -2.50. The van der Waals surface area contributed by atoms with Gasteiger partial charge in [0.25, 0.3) is 0 Å². The van der Waals surface area contributed by atoms with Gasteiger partial charge in [-0.2, -0.15) is 0 Å². The molecular weight excluding hydrogens is 420 g/mol. The van der Waals surface area contributed by atoms with Crippen molar-refractivity contribution < 1.29 is 9.53 Å². The minimum Gasteiger partial charge on any atom is -0.461 e. The van der Waals surface area contributed by atoms with Gasteiger partial charge in [0.05, 0.1) is 0 Å². The Hall–Kier alpha value is -1.94. The van der Waals surface area contributed by atoms with Crippen LogP contribution in [0.15, 0.2) is 42.3 Å². The second kappa shape index (κ2) is 8.93. The van der Waals surface area contributed by atoms with Crippen LogP contribution < -0.4 is 5.73 Å². The Kier molecular flexibility index (Phi) is 6.25. The van der Waals surface area contributed by atoms with Crippen LogP contribution in [-0.4, -0.2) is 23.1 Å². The van der Waals surface area contributed by atoms with Gasteiger partial charge in [0.1, 0.15) is 12.1 Å². The Morgan fingerprint density at radius 1 is 1.15 bits per heavy atom. The summed E-state index contributed by atoms with van der Waals surface area (Å²) >= 11 is 0. The SMILES string of the molecule is CC(C)CC(N)C(=O)OC1CCC2(C)C(=CCC3C2CCC2(C)C(c4cccnc4)=CCC32)C1. The van der Waals surface area contributed by atoms with E-state index in [4.69, 9.17) is 10.5 Å².